The Morgan fingerprint density at radius 2 is 2.13 bits per heavy atom. The molecule has 0 heterocycles. The van der Waals surface area contributed by atoms with E-state index in [1.165, 1.54) is 6.07 Å². The van der Waals surface area contributed by atoms with E-state index < -0.39 is 11.6 Å². The van der Waals surface area contributed by atoms with E-state index in [9.17, 15) is 8.78 Å². The first kappa shape index (κ1) is 11.9. The Morgan fingerprint density at radius 1 is 1.40 bits per heavy atom. The van der Waals surface area contributed by atoms with E-state index >= 15 is 0 Å². The third kappa shape index (κ3) is 3.45. The minimum absolute atomic E-state index is 0.0832. The summed E-state index contributed by atoms with van der Waals surface area (Å²) in [6.07, 6.45) is 0. The van der Waals surface area contributed by atoms with Crippen LogP contribution >= 0.6 is 0 Å². The van der Waals surface area contributed by atoms with Gasteiger partial charge in [0.05, 0.1) is 12.6 Å². The highest BCUT2D eigenvalue weighted by molar-refractivity contribution is 5.23. The van der Waals surface area contributed by atoms with Crippen LogP contribution in [0.25, 0.3) is 0 Å². The molecule has 0 saturated heterocycles. The van der Waals surface area contributed by atoms with E-state index in [0.717, 1.165) is 12.1 Å². The smallest absolute Gasteiger partial charge is 0.162 e. The fourth-order valence-electron chi connectivity index (χ4n) is 0.991. The zero-order valence-electron chi connectivity index (χ0n) is 8.34. The van der Waals surface area contributed by atoms with E-state index in [0.29, 0.717) is 0 Å². The topological polar surface area (TPSA) is 41.5 Å². The van der Waals surface area contributed by atoms with Crippen LogP contribution in [0.4, 0.5) is 8.78 Å². The molecule has 15 heavy (non-hydrogen) atoms. The van der Waals surface area contributed by atoms with Crippen molar-refractivity contribution in [2.45, 2.75) is 6.04 Å². The zero-order valence-corrected chi connectivity index (χ0v) is 8.34. The van der Waals surface area contributed by atoms with Crippen LogP contribution in [0.1, 0.15) is 0 Å². The molecule has 3 nitrogen and oxygen atoms in total. The molecule has 84 valence electrons. The number of aliphatic hydroxyl groups excluding tert-OH is 1. The molecule has 0 spiro atoms. The first-order chi connectivity index (χ1) is 7.17. The Morgan fingerprint density at radius 3 is 2.67 bits per heavy atom. The zero-order chi connectivity index (χ0) is 11.3. The van der Waals surface area contributed by atoms with Gasteiger partial charge in [-0.25, -0.2) is 8.78 Å². The predicted octanol–water partition coefficient (Wildman–Crippen LogP) is 0.924. The van der Waals surface area contributed by atoms with Crippen LogP contribution in [0.3, 0.4) is 0 Å². The Kier molecular flexibility index (Phi) is 4.45. The summed E-state index contributed by atoms with van der Waals surface area (Å²) in [6.45, 7) is 0.109. The van der Waals surface area contributed by atoms with Gasteiger partial charge in [-0.1, -0.05) is 0 Å². The molecule has 0 radical (unpaired) electrons. The van der Waals surface area contributed by atoms with Gasteiger partial charge in [0.2, 0.25) is 0 Å². The van der Waals surface area contributed by atoms with Gasteiger partial charge in [0.1, 0.15) is 12.4 Å². The quantitative estimate of drug-likeness (QED) is 0.770. The summed E-state index contributed by atoms with van der Waals surface area (Å²) in [4.78, 5) is 0. The molecule has 0 aromatic heterocycles. The summed E-state index contributed by atoms with van der Waals surface area (Å²) < 4.78 is 30.5. The maximum Gasteiger partial charge on any atom is 0.162 e. The number of nitrogens with one attached hydrogen (secondary N) is 1. The number of halogens is 2. The van der Waals surface area contributed by atoms with Crippen LogP contribution in [-0.4, -0.2) is 31.4 Å². The van der Waals surface area contributed by atoms with E-state index in [1.54, 1.807) is 7.05 Å². The molecule has 0 amide bonds. The molecular formula is C10H13F2NO2. The van der Waals surface area contributed by atoms with Crippen molar-refractivity contribution in [2.75, 3.05) is 20.3 Å². The van der Waals surface area contributed by atoms with Gasteiger partial charge in [0.15, 0.2) is 11.6 Å². The molecule has 1 atom stereocenters. The Labute approximate surface area is 86.7 Å². The first-order valence-electron chi connectivity index (χ1n) is 4.53. The standard InChI is InChI=1S/C10H13F2NO2/c1-13-7(5-14)6-15-8-2-3-9(11)10(12)4-8/h2-4,7,13-14H,5-6H2,1H3. The van der Waals surface area contributed by atoms with Crippen molar-refractivity contribution in [3.63, 3.8) is 0 Å². The number of benzene rings is 1. The van der Waals surface area contributed by atoms with Gasteiger partial charge in [0, 0.05) is 6.07 Å². The second-order valence-electron chi connectivity index (χ2n) is 3.06. The summed E-state index contributed by atoms with van der Waals surface area (Å²) in [5.41, 5.74) is 0. The highest BCUT2D eigenvalue weighted by atomic mass is 19.2. The summed E-state index contributed by atoms with van der Waals surface area (Å²) in [5.74, 6) is -1.62. The summed E-state index contributed by atoms with van der Waals surface area (Å²) in [7, 11) is 1.68. The van der Waals surface area contributed by atoms with Crippen molar-refractivity contribution >= 4 is 0 Å². The van der Waals surface area contributed by atoms with Crippen molar-refractivity contribution in [1.29, 1.82) is 0 Å². The van der Waals surface area contributed by atoms with Gasteiger partial charge >= 0.3 is 0 Å². The fourth-order valence-corrected chi connectivity index (χ4v) is 0.991. The molecule has 2 N–H and O–H groups in total. The summed E-state index contributed by atoms with van der Waals surface area (Å²) >= 11 is 0. The van der Waals surface area contributed by atoms with Crippen LogP contribution in [-0.2, 0) is 0 Å². The van der Waals surface area contributed by atoms with Gasteiger partial charge in [-0.2, -0.15) is 0 Å². The number of likely N-dealkylation sites (N-methyl/N-ethyl adjacent to an activating group) is 1. The van der Waals surface area contributed by atoms with Crippen molar-refractivity contribution in [2.24, 2.45) is 0 Å². The van der Waals surface area contributed by atoms with Crippen LogP contribution in [0.15, 0.2) is 18.2 Å². The Balaban J connectivity index is 2.54. The monoisotopic (exact) mass is 217 g/mol. The van der Waals surface area contributed by atoms with Crippen molar-refractivity contribution in [3.8, 4) is 5.75 Å². The molecule has 0 bridgehead atoms. The Bertz CT molecular complexity index is 316. The lowest BCUT2D eigenvalue weighted by molar-refractivity contribution is 0.188. The molecule has 0 aliphatic rings. The van der Waals surface area contributed by atoms with E-state index in [-0.39, 0.29) is 25.0 Å². The minimum Gasteiger partial charge on any atom is -0.492 e. The third-order valence-electron chi connectivity index (χ3n) is 1.97. The maximum absolute atomic E-state index is 12.7. The molecule has 5 heteroatoms. The maximum atomic E-state index is 12.7. The predicted molar refractivity (Wildman–Crippen MR) is 51.8 cm³/mol. The van der Waals surface area contributed by atoms with Gasteiger partial charge in [-0.05, 0) is 19.2 Å². The lowest BCUT2D eigenvalue weighted by atomic mass is 10.3. The molecule has 0 fully saturated rings. The first-order valence-corrected chi connectivity index (χ1v) is 4.53. The van der Waals surface area contributed by atoms with E-state index in [2.05, 4.69) is 5.32 Å². The molecular weight excluding hydrogens is 204 g/mol. The number of aliphatic hydroxyl groups is 1. The van der Waals surface area contributed by atoms with Crippen molar-refractivity contribution < 1.29 is 18.6 Å². The van der Waals surface area contributed by atoms with Gasteiger partial charge in [-0.15, -0.1) is 0 Å². The van der Waals surface area contributed by atoms with Crippen LogP contribution < -0.4 is 10.1 Å². The number of ether oxygens (including phenoxy) is 1. The average molecular weight is 217 g/mol. The second-order valence-corrected chi connectivity index (χ2v) is 3.06. The molecule has 1 aromatic carbocycles. The average Bonchev–Trinajstić information content (AvgIpc) is 2.24. The Hall–Kier alpha value is -1.20. The fraction of sp³-hybridized carbons (Fsp3) is 0.400. The van der Waals surface area contributed by atoms with Crippen LogP contribution in [0, 0.1) is 11.6 Å². The van der Waals surface area contributed by atoms with Crippen molar-refractivity contribution in [3.05, 3.63) is 29.8 Å². The largest absolute Gasteiger partial charge is 0.492 e. The van der Waals surface area contributed by atoms with Crippen LogP contribution in [0.2, 0.25) is 0 Å². The molecule has 1 rings (SSSR count). The third-order valence-corrected chi connectivity index (χ3v) is 1.97. The second kappa shape index (κ2) is 5.63. The van der Waals surface area contributed by atoms with Crippen LogP contribution in [0.5, 0.6) is 5.75 Å². The SMILES string of the molecule is CNC(CO)COc1ccc(F)c(F)c1. The highest BCUT2D eigenvalue weighted by Crippen LogP contribution is 2.15. The molecule has 0 saturated carbocycles. The molecule has 1 unspecified atom stereocenters. The van der Waals surface area contributed by atoms with Gasteiger partial charge in [-0.3, -0.25) is 0 Å². The van der Waals surface area contributed by atoms with Gasteiger partial charge < -0.3 is 15.2 Å². The lowest BCUT2D eigenvalue weighted by Crippen LogP contribution is -2.34. The number of hydrogen-bond donors (Lipinski definition) is 2. The van der Waals surface area contributed by atoms with E-state index in [4.69, 9.17) is 9.84 Å². The van der Waals surface area contributed by atoms with Crippen molar-refractivity contribution in [1.82, 2.24) is 5.32 Å². The lowest BCUT2D eigenvalue weighted by Gasteiger charge is -2.14. The minimum atomic E-state index is -0.947. The normalized spacial score (nSPS) is 12.5. The molecule has 1 aromatic rings. The number of rotatable bonds is 5. The van der Waals surface area contributed by atoms with E-state index in [1.807, 2.05) is 0 Å². The summed E-state index contributed by atoms with van der Waals surface area (Å²) in [5, 5.41) is 11.6. The number of hydrogen-bond acceptors (Lipinski definition) is 3. The summed E-state index contributed by atoms with van der Waals surface area (Å²) in [6, 6.07) is 3.08. The molecule has 0 aliphatic heterocycles. The highest BCUT2D eigenvalue weighted by Gasteiger charge is 2.07. The van der Waals surface area contributed by atoms with Gasteiger partial charge in [0.25, 0.3) is 0 Å². The molecule has 0 aliphatic carbocycles.